The third-order valence-electron chi connectivity index (χ3n) is 2.78. The van der Waals surface area contributed by atoms with Crippen molar-refractivity contribution in [1.29, 1.82) is 0 Å². The zero-order valence-electron chi connectivity index (χ0n) is 11.5. The van der Waals surface area contributed by atoms with Gasteiger partial charge in [0.05, 0.1) is 6.61 Å². The number of hydrogen-bond donors (Lipinski definition) is 0. The van der Waals surface area contributed by atoms with Crippen LogP contribution in [-0.2, 0) is 22.1 Å². The summed E-state index contributed by atoms with van der Waals surface area (Å²) in [5.74, 6) is -0.645. The second kappa shape index (κ2) is 6.51. The van der Waals surface area contributed by atoms with Crippen molar-refractivity contribution in [2.24, 2.45) is 0 Å². The molecule has 0 fully saturated rings. The second-order valence-electron chi connectivity index (χ2n) is 4.37. The zero-order valence-corrected chi connectivity index (χ0v) is 13.1. The van der Waals surface area contributed by atoms with E-state index in [-0.39, 0.29) is 18.9 Å². The number of aromatic nitrogens is 2. The fourth-order valence-corrected chi connectivity index (χ4v) is 2.11. The summed E-state index contributed by atoms with van der Waals surface area (Å²) in [6.45, 7) is 1.78. The van der Waals surface area contributed by atoms with Gasteiger partial charge in [0.15, 0.2) is 5.69 Å². The number of benzene rings is 1. The van der Waals surface area contributed by atoms with E-state index in [1.165, 1.54) is 4.57 Å². The molecule has 0 spiro atoms. The van der Waals surface area contributed by atoms with Crippen molar-refractivity contribution in [2.45, 2.75) is 19.5 Å². The summed E-state index contributed by atoms with van der Waals surface area (Å²) >= 11 is 3.26. The molecule has 0 unspecified atom stereocenters. The normalized spacial score (nSPS) is 11.5. The molecule has 1 heterocycles. The Balaban J connectivity index is 2.43. The monoisotopic (exact) mass is 376 g/mol. The van der Waals surface area contributed by atoms with Crippen LogP contribution in [0, 0.1) is 0 Å². The lowest BCUT2D eigenvalue weighted by Gasteiger charge is -2.07. The number of alkyl halides is 3. The van der Waals surface area contributed by atoms with Crippen LogP contribution in [-0.4, -0.2) is 22.1 Å². The number of ether oxygens (including phenoxy) is 1. The number of halogens is 4. The summed E-state index contributed by atoms with van der Waals surface area (Å²) in [7, 11) is 0. The minimum atomic E-state index is -4.58. The fourth-order valence-electron chi connectivity index (χ4n) is 1.85. The van der Waals surface area contributed by atoms with Crippen LogP contribution in [0.5, 0.6) is 0 Å². The van der Waals surface area contributed by atoms with Gasteiger partial charge in [0.1, 0.15) is 12.2 Å². The molecule has 0 N–H and O–H groups in total. The predicted molar refractivity (Wildman–Crippen MR) is 76.6 cm³/mol. The molecular formula is C14H12BrF3N2O2. The molecule has 0 radical (unpaired) electrons. The Morgan fingerprint density at radius 2 is 1.95 bits per heavy atom. The van der Waals surface area contributed by atoms with Gasteiger partial charge in [0.2, 0.25) is 0 Å². The van der Waals surface area contributed by atoms with E-state index in [0.29, 0.717) is 5.69 Å². The maximum atomic E-state index is 12.8. The molecule has 1 aromatic carbocycles. The molecule has 0 aliphatic heterocycles. The van der Waals surface area contributed by atoms with Gasteiger partial charge in [0, 0.05) is 16.4 Å². The van der Waals surface area contributed by atoms with Gasteiger partial charge < -0.3 is 9.30 Å². The summed E-state index contributed by atoms with van der Waals surface area (Å²) < 4.78 is 45.3. The number of nitrogens with zero attached hydrogens (tertiary/aromatic N) is 2. The molecule has 8 heteroatoms. The Labute approximate surface area is 133 Å². The molecule has 2 aromatic rings. The Kier molecular flexibility index (Phi) is 4.90. The SMILES string of the molecule is CCOC(=O)Cc1nc(C(F)(F)F)cn1-c1ccc(Br)cc1. The van der Waals surface area contributed by atoms with Gasteiger partial charge >= 0.3 is 12.1 Å². The molecule has 0 atom stereocenters. The number of carbonyl (C=O) groups excluding carboxylic acids is 1. The van der Waals surface area contributed by atoms with Gasteiger partial charge in [-0.3, -0.25) is 4.79 Å². The molecule has 2 rings (SSSR count). The average Bonchev–Trinajstić information content (AvgIpc) is 2.83. The van der Waals surface area contributed by atoms with Crippen LogP contribution in [0.3, 0.4) is 0 Å². The van der Waals surface area contributed by atoms with Crippen LogP contribution in [0.25, 0.3) is 5.69 Å². The van der Waals surface area contributed by atoms with Gasteiger partial charge in [-0.15, -0.1) is 0 Å². The summed E-state index contributed by atoms with van der Waals surface area (Å²) in [6.07, 6.45) is -4.04. The minimum absolute atomic E-state index is 0.0203. The number of hydrogen-bond acceptors (Lipinski definition) is 3. The van der Waals surface area contributed by atoms with E-state index in [1.54, 1.807) is 31.2 Å². The fraction of sp³-hybridized carbons (Fsp3) is 0.286. The molecule has 0 bridgehead atoms. The standard InChI is InChI=1S/C14H12BrF3N2O2/c1-2-22-13(21)7-12-19-11(14(16,17)18)8-20(12)10-5-3-9(15)4-6-10/h3-6,8H,2,7H2,1H3. The summed E-state index contributed by atoms with van der Waals surface area (Å²) in [6, 6.07) is 6.63. The molecule has 0 saturated heterocycles. The smallest absolute Gasteiger partial charge is 0.434 e. The Morgan fingerprint density at radius 1 is 1.32 bits per heavy atom. The van der Waals surface area contributed by atoms with E-state index < -0.39 is 17.8 Å². The molecule has 4 nitrogen and oxygen atoms in total. The summed E-state index contributed by atoms with van der Waals surface area (Å²) in [5, 5.41) is 0. The first-order valence-corrected chi connectivity index (χ1v) is 7.17. The number of rotatable bonds is 4. The highest BCUT2D eigenvalue weighted by molar-refractivity contribution is 9.10. The zero-order chi connectivity index (χ0) is 16.3. The maximum Gasteiger partial charge on any atom is 0.434 e. The minimum Gasteiger partial charge on any atom is -0.466 e. The van der Waals surface area contributed by atoms with Crippen LogP contribution in [0.4, 0.5) is 13.2 Å². The van der Waals surface area contributed by atoms with Crippen molar-refractivity contribution >= 4 is 21.9 Å². The van der Waals surface area contributed by atoms with Crippen molar-refractivity contribution in [3.63, 3.8) is 0 Å². The first-order chi connectivity index (χ1) is 10.3. The van der Waals surface area contributed by atoms with Crippen molar-refractivity contribution in [1.82, 2.24) is 9.55 Å². The molecule has 0 aliphatic rings. The molecule has 1 aromatic heterocycles. The highest BCUT2D eigenvalue weighted by Crippen LogP contribution is 2.29. The van der Waals surface area contributed by atoms with Crippen LogP contribution in [0.15, 0.2) is 34.9 Å². The van der Waals surface area contributed by atoms with Gasteiger partial charge in [-0.2, -0.15) is 13.2 Å². The number of esters is 1. The molecular weight excluding hydrogens is 365 g/mol. The van der Waals surface area contributed by atoms with Crippen LogP contribution in [0.1, 0.15) is 18.4 Å². The van der Waals surface area contributed by atoms with Crippen molar-refractivity contribution in [3.05, 3.63) is 46.5 Å². The third-order valence-corrected chi connectivity index (χ3v) is 3.31. The molecule has 0 amide bonds. The number of imidazole rings is 1. The van der Waals surface area contributed by atoms with Crippen LogP contribution >= 0.6 is 15.9 Å². The largest absolute Gasteiger partial charge is 0.466 e. The van der Waals surface area contributed by atoms with E-state index >= 15 is 0 Å². The Morgan fingerprint density at radius 3 is 2.50 bits per heavy atom. The predicted octanol–water partition coefficient (Wildman–Crippen LogP) is 3.76. The lowest BCUT2D eigenvalue weighted by molar-refractivity contribution is -0.143. The summed E-state index contributed by atoms with van der Waals surface area (Å²) in [5.41, 5.74) is -0.569. The molecule has 118 valence electrons. The highest BCUT2D eigenvalue weighted by atomic mass is 79.9. The lowest BCUT2D eigenvalue weighted by atomic mass is 10.3. The van der Waals surface area contributed by atoms with Crippen molar-refractivity contribution in [2.75, 3.05) is 6.61 Å². The van der Waals surface area contributed by atoms with Crippen molar-refractivity contribution in [3.8, 4) is 5.69 Å². The van der Waals surface area contributed by atoms with Crippen LogP contribution < -0.4 is 0 Å². The lowest BCUT2D eigenvalue weighted by Crippen LogP contribution is -2.12. The first-order valence-electron chi connectivity index (χ1n) is 6.38. The molecule has 0 saturated carbocycles. The summed E-state index contributed by atoms with van der Waals surface area (Å²) in [4.78, 5) is 15.1. The molecule has 22 heavy (non-hydrogen) atoms. The van der Waals surface area contributed by atoms with E-state index in [4.69, 9.17) is 4.74 Å². The maximum absolute atomic E-state index is 12.8. The molecule has 0 aliphatic carbocycles. The quantitative estimate of drug-likeness (QED) is 0.763. The van der Waals surface area contributed by atoms with E-state index in [0.717, 1.165) is 10.7 Å². The number of carbonyl (C=O) groups is 1. The topological polar surface area (TPSA) is 44.1 Å². The van der Waals surface area contributed by atoms with Gasteiger partial charge in [0.25, 0.3) is 0 Å². The van der Waals surface area contributed by atoms with Gasteiger partial charge in [-0.1, -0.05) is 15.9 Å². The first kappa shape index (κ1) is 16.5. The van der Waals surface area contributed by atoms with E-state index in [1.807, 2.05) is 0 Å². The third kappa shape index (κ3) is 3.88. The Hall–Kier alpha value is -1.83. The Bertz CT molecular complexity index is 666. The van der Waals surface area contributed by atoms with E-state index in [2.05, 4.69) is 20.9 Å². The second-order valence-corrected chi connectivity index (χ2v) is 5.28. The van der Waals surface area contributed by atoms with Crippen LogP contribution in [0.2, 0.25) is 0 Å². The van der Waals surface area contributed by atoms with Crippen molar-refractivity contribution < 1.29 is 22.7 Å². The van der Waals surface area contributed by atoms with Gasteiger partial charge in [-0.25, -0.2) is 4.98 Å². The van der Waals surface area contributed by atoms with E-state index in [9.17, 15) is 18.0 Å². The average molecular weight is 377 g/mol. The highest BCUT2D eigenvalue weighted by Gasteiger charge is 2.35. The van der Waals surface area contributed by atoms with Gasteiger partial charge in [-0.05, 0) is 31.2 Å².